The highest BCUT2D eigenvalue weighted by atomic mass is 35.5. The number of ether oxygens (including phenoxy) is 1. The molecule has 0 spiro atoms. The number of benzene rings is 2. The molecule has 20 heavy (non-hydrogen) atoms. The average Bonchev–Trinajstić information content (AvgIpc) is 2.88. The van der Waals surface area contributed by atoms with E-state index >= 15 is 0 Å². The molecule has 98 valence electrons. The van der Waals surface area contributed by atoms with E-state index in [9.17, 15) is 0 Å². The van der Waals surface area contributed by atoms with Gasteiger partial charge < -0.3 is 9.72 Å². The number of aromatic nitrogens is 2. The van der Waals surface area contributed by atoms with Crippen molar-refractivity contribution in [2.24, 2.45) is 0 Å². The molecule has 5 heteroatoms. The number of H-pyrrole nitrogens is 1. The molecule has 0 saturated carbocycles. The maximum Gasteiger partial charge on any atom is 0.146 e. The highest BCUT2D eigenvalue weighted by Crippen LogP contribution is 2.18. The van der Waals surface area contributed by atoms with Crippen LogP contribution in [0.3, 0.4) is 0 Å². The molecule has 0 saturated heterocycles. The van der Waals surface area contributed by atoms with E-state index in [1.165, 1.54) is 0 Å². The lowest BCUT2D eigenvalue weighted by Crippen LogP contribution is -1.97. The predicted molar refractivity (Wildman–Crippen MR) is 76.6 cm³/mol. The van der Waals surface area contributed by atoms with Crippen molar-refractivity contribution in [1.82, 2.24) is 9.97 Å². The lowest BCUT2D eigenvalue weighted by atomic mass is 10.2. The Labute approximate surface area is 120 Å². The van der Waals surface area contributed by atoms with E-state index in [1.807, 2.05) is 6.07 Å². The van der Waals surface area contributed by atoms with Gasteiger partial charge in [0.1, 0.15) is 18.2 Å². The van der Waals surface area contributed by atoms with E-state index in [1.54, 1.807) is 36.4 Å². The summed E-state index contributed by atoms with van der Waals surface area (Å²) < 4.78 is 5.62. The first kappa shape index (κ1) is 12.5. The summed E-state index contributed by atoms with van der Waals surface area (Å²) in [6, 6.07) is 14.6. The van der Waals surface area contributed by atoms with Crippen molar-refractivity contribution in [3.05, 3.63) is 58.9 Å². The molecule has 0 radical (unpaired) electrons. The van der Waals surface area contributed by atoms with E-state index in [0.29, 0.717) is 23.0 Å². The maximum absolute atomic E-state index is 8.86. The number of hydrogen-bond acceptors (Lipinski definition) is 3. The fourth-order valence-corrected chi connectivity index (χ4v) is 2.01. The summed E-state index contributed by atoms with van der Waals surface area (Å²) in [6.07, 6.45) is 0. The molecule has 0 bridgehead atoms. The zero-order valence-corrected chi connectivity index (χ0v) is 11.2. The second-order valence-corrected chi connectivity index (χ2v) is 4.71. The summed E-state index contributed by atoms with van der Waals surface area (Å²) in [5.41, 5.74) is 2.25. The van der Waals surface area contributed by atoms with Gasteiger partial charge in [0.15, 0.2) is 0 Å². The fourth-order valence-electron chi connectivity index (χ4n) is 1.88. The van der Waals surface area contributed by atoms with Crippen molar-refractivity contribution in [2.75, 3.05) is 0 Å². The number of aromatic amines is 1. The largest absolute Gasteiger partial charge is 0.486 e. The Morgan fingerprint density at radius 2 is 2.00 bits per heavy atom. The predicted octanol–water partition coefficient (Wildman–Crippen LogP) is 3.67. The van der Waals surface area contributed by atoms with Gasteiger partial charge in [-0.25, -0.2) is 4.98 Å². The molecular weight excluding hydrogens is 274 g/mol. The standard InChI is InChI=1S/C15H10ClN3O/c16-11-2-4-12(5-3-11)20-9-15-18-13-6-1-10(8-17)7-14(13)19-15/h1-7H,9H2,(H,18,19). The molecule has 0 fully saturated rings. The van der Waals surface area contributed by atoms with Crippen molar-refractivity contribution in [3.8, 4) is 11.8 Å². The summed E-state index contributed by atoms with van der Waals surface area (Å²) in [7, 11) is 0. The second kappa shape index (κ2) is 5.24. The van der Waals surface area contributed by atoms with Crippen molar-refractivity contribution < 1.29 is 4.74 Å². The van der Waals surface area contributed by atoms with Crippen molar-refractivity contribution in [3.63, 3.8) is 0 Å². The second-order valence-electron chi connectivity index (χ2n) is 4.27. The highest BCUT2D eigenvalue weighted by Gasteiger charge is 2.04. The van der Waals surface area contributed by atoms with Gasteiger partial charge in [-0.3, -0.25) is 0 Å². The topological polar surface area (TPSA) is 61.7 Å². The number of imidazole rings is 1. The van der Waals surface area contributed by atoms with Gasteiger partial charge in [0.25, 0.3) is 0 Å². The van der Waals surface area contributed by atoms with Crippen LogP contribution in [-0.4, -0.2) is 9.97 Å². The molecule has 3 rings (SSSR count). The minimum atomic E-state index is 0.332. The molecule has 0 aliphatic rings. The van der Waals surface area contributed by atoms with Crippen molar-refractivity contribution in [1.29, 1.82) is 5.26 Å². The molecule has 0 aliphatic heterocycles. The van der Waals surface area contributed by atoms with E-state index in [0.717, 1.165) is 16.8 Å². The third-order valence-electron chi connectivity index (χ3n) is 2.85. The molecule has 4 nitrogen and oxygen atoms in total. The van der Waals surface area contributed by atoms with Crippen LogP contribution >= 0.6 is 11.6 Å². The van der Waals surface area contributed by atoms with Gasteiger partial charge in [0, 0.05) is 5.02 Å². The van der Waals surface area contributed by atoms with Crippen LogP contribution in [0, 0.1) is 11.3 Å². The Morgan fingerprint density at radius 3 is 2.75 bits per heavy atom. The Bertz CT molecular complexity index is 787. The van der Waals surface area contributed by atoms with Crippen LogP contribution in [0.1, 0.15) is 11.4 Å². The van der Waals surface area contributed by atoms with Gasteiger partial charge >= 0.3 is 0 Å². The minimum absolute atomic E-state index is 0.332. The molecule has 0 unspecified atom stereocenters. The maximum atomic E-state index is 8.86. The number of fused-ring (bicyclic) bond motifs is 1. The third-order valence-corrected chi connectivity index (χ3v) is 3.10. The molecule has 2 aromatic carbocycles. The first-order chi connectivity index (χ1) is 9.74. The van der Waals surface area contributed by atoms with Crippen LogP contribution in [0.25, 0.3) is 11.0 Å². The molecular formula is C15H10ClN3O. The number of halogens is 1. The molecule has 1 heterocycles. The van der Waals surface area contributed by atoms with E-state index in [4.69, 9.17) is 21.6 Å². The average molecular weight is 284 g/mol. The van der Waals surface area contributed by atoms with Crippen LogP contribution in [0.15, 0.2) is 42.5 Å². The number of nitrogens with zero attached hydrogens (tertiary/aromatic N) is 2. The van der Waals surface area contributed by atoms with Crippen LogP contribution in [-0.2, 0) is 6.61 Å². The van der Waals surface area contributed by atoms with E-state index < -0.39 is 0 Å². The number of nitrogens with one attached hydrogen (secondary N) is 1. The third kappa shape index (κ3) is 2.58. The van der Waals surface area contributed by atoms with Crippen LogP contribution in [0.2, 0.25) is 5.02 Å². The monoisotopic (exact) mass is 283 g/mol. The quantitative estimate of drug-likeness (QED) is 0.798. The molecule has 1 N–H and O–H groups in total. The van der Waals surface area contributed by atoms with Crippen LogP contribution in [0.4, 0.5) is 0 Å². The lowest BCUT2D eigenvalue weighted by molar-refractivity contribution is 0.297. The zero-order chi connectivity index (χ0) is 13.9. The van der Waals surface area contributed by atoms with Gasteiger partial charge in [-0.1, -0.05) is 11.6 Å². The Balaban J connectivity index is 1.77. The normalized spacial score (nSPS) is 10.4. The van der Waals surface area contributed by atoms with Gasteiger partial charge in [-0.05, 0) is 42.5 Å². The molecule has 3 aromatic rings. The summed E-state index contributed by atoms with van der Waals surface area (Å²) >= 11 is 5.81. The number of nitriles is 1. The van der Waals surface area contributed by atoms with Crippen molar-refractivity contribution >= 4 is 22.6 Å². The van der Waals surface area contributed by atoms with Gasteiger partial charge in [0.05, 0.1) is 22.7 Å². The smallest absolute Gasteiger partial charge is 0.146 e. The van der Waals surface area contributed by atoms with E-state index in [-0.39, 0.29) is 0 Å². The lowest BCUT2D eigenvalue weighted by Gasteiger charge is -2.03. The molecule has 1 aromatic heterocycles. The fraction of sp³-hybridized carbons (Fsp3) is 0.0667. The summed E-state index contributed by atoms with van der Waals surface area (Å²) in [5, 5.41) is 9.53. The van der Waals surface area contributed by atoms with Gasteiger partial charge in [-0.2, -0.15) is 5.26 Å². The Morgan fingerprint density at radius 1 is 1.20 bits per heavy atom. The van der Waals surface area contributed by atoms with Crippen LogP contribution in [0.5, 0.6) is 5.75 Å². The first-order valence-corrected chi connectivity index (χ1v) is 6.39. The van der Waals surface area contributed by atoms with Gasteiger partial charge in [0.2, 0.25) is 0 Å². The summed E-state index contributed by atoms with van der Waals surface area (Å²) in [5.74, 6) is 1.44. The molecule has 0 amide bonds. The molecule has 0 atom stereocenters. The highest BCUT2D eigenvalue weighted by molar-refractivity contribution is 6.30. The number of hydrogen-bond donors (Lipinski definition) is 1. The Hall–Kier alpha value is -2.51. The Kier molecular flexibility index (Phi) is 3.28. The van der Waals surface area contributed by atoms with Crippen molar-refractivity contribution in [2.45, 2.75) is 6.61 Å². The van der Waals surface area contributed by atoms with E-state index in [2.05, 4.69) is 16.0 Å². The van der Waals surface area contributed by atoms with Gasteiger partial charge in [-0.15, -0.1) is 0 Å². The number of rotatable bonds is 3. The molecule has 0 aliphatic carbocycles. The first-order valence-electron chi connectivity index (χ1n) is 6.02. The SMILES string of the molecule is N#Cc1ccc2nc(COc3ccc(Cl)cc3)[nH]c2c1. The van der Waals surface area contributed by atoms with Crippen LogP contribution < -0.4 is 4.74 Å². The summed E-state index contributed by atoms with van der Waals surface area (Å²) in [6.45, 7) is 0.332. The summed E-state index contributed by atoms with van der Waals surface area (Å²) in [4.78, 5) is 7.54. The zero-order valence-electron chi connectivity index (χ0n) is 10.4. The minimum Gasteiger partial charge on any atom is -0.486 e.